The van der Waals surface area contributed by atoms with E-state index in [0.717, 1.165) is 49.0 Å². The molecule has 3 rings (SSSR count). The van der Waals surface area contributed by atoms with Gasteiger partial charge < -0.3 is 24.7 Å². The van der Waals surface area contributed by atoms with Gasteiger partial charge in [-0.2, -0.15) is 0 Å². The predicted octanol–water partition coefficient (Wildman–Crippen LogP) is 2.25. The van der Waals surface area contributed by atoms with Gasteiger partial charge in [-0.1, -0.05) is 24.3 Å². The molecule has 146 valence electrons. The number of ether oxygens (including phenoxy) is 2. The zero-order valence-corrected chi connectivity index (χ0v) is 15.6. The molecule has 1 amide bonds. The highest BCUT2D eigenvalue weighted by molar-refractivity contribution is 5.85. The number of amides is 1. The number of aldehydes is 1. The molecule has 1 heterocycles. The lowest BCUT2D eigenvalue weighted by molar-refractivity contribution is -0.124. The van der Waals surface area contributed by atoms with Crippen molar-refractivity contribution in [2.75, 3.05) is 26.9 Å². The van der Waals surface area contributed by atoms with Gasteiger partial charge in [-0.05, 0) is 47.7 Å². The fourth-order valence-corrected chi connectivity index (χ4v) is 3.01. The van der Waals surface area contributed by atoms with Gasteiger partial charge in [0.2, 0.25) is 0 Å². The van der Waals surface area contributed by atoms with Crippen LogP contribution in [0.1, 0.15) is 24.8 Å². The second kappa shape index (κ2) is 11.3. The molecule has 0 unspecified atom stereocenters. The fraction of sp³-hybridized carbons (Fsp3) is 0.429. The molecule has 0 spiro atoms. The summed E-state index contributed by atoms with van der Waals surface area (Å²) >= 11 is 0. The summed E-state index contributed by atoms with van der Waals surface area (Å²) < 4.78 is 10.9. The van der Waals surface area contributed by atoms with Crippen molar-refractivity contribution in [3.63, 3.8) is 0 Å². The van der Waals surface area contributed by atoms with Crippen molar-refractivity contribution in [3.05, 3.63) is 42.0 Å². The number of aliphatic hydroxyl groups excluding tert-OH is 1. The third-order valence-corrected chi connectivity index (χ3v) is 4.38. The summed E-state index contributed by atoms with van der Waals surface area (Å²) in [6.45, 7) is 1.40. The minimum Gasteiger partial charge on any atom is -0.484 e. The predicted molar refractivity (Wildman–Crippen MR) is 104 cm³/mol. The van der Waals surface area contributed by atoms with Gasteiger partial charge in [0.1, 0.15) is 12.0 Å². The Morgan fingerprint density at radius 1 is 1.19 bits per heavy atom. The first-order chi connectivity index (χ1) is 13.2. The number of fused-ring (bicyclic) bond motifs is 1. The van der Waals surface area contributed by atoms with Gasteiger partial charge >= 0.3 is 0 Å². The van der Waals surface area contributed by atoms with E-state index in [1.165, 1.54) is 0 Å². The number of aryl methyl sites for hydroxylation is 1. The highest BCUT2D eigenvalue weighted by atomic mass is 16.5. The maximum Gasteiger partial charge on any atom is 0.258 e. The largest absolute Gasteiger partial charge is 0.484 e. The van der Waals surface area contributed by atoms with Crippen LogP contribution >= 0.6 is 0 Å². The smallest absolute Gasteiger partial charge is 0.258 e. The lowest BCUT2D eigenvalue weighted by Gasteiger charge is -2.23. The van der Waals surface area contributed by atoms with Crippen molar-refractivity contribution in [1.29, 1.82) is 0 Å². The first-order valence-corrected chi connectivity index (χ1v) is 9.15. The Labute approximate surface area is 159 Å². The molecule has 1 saturated heterocycles. The van der Waals surface area contributed by atoms with Gasteiger partial charge in [-0.25, -0.2) is 0 Å². The second-order valence-electron chi connectivity index (χ2n) is 6.29. The van der Waals surface area contributed by atoms with Crippen LogP contribution in [0.3, 0.4) is 0 Å². The number of carbonyl (C=O) groups excluding carboxylic acids is 2. The highest BCUT2D eigenvalue weighted by Gasteiger charge is 2.16. The van der Waals surface area contributed by atoms with Gasteiger partial charge in [0.15, 0.2) is 6.61 Å². The number of benzene rings is 2. The van der Waals surface area contributed by atoms with Crippen LogP contribution in [0.4, 0.5) is 0 Å². The number of carbonyl (C=O) groups is 2. The molecule has 1 fully saturated rings. The van der Waals surface area contributed by atoms with Gasteiger partial charge in [0.05, 0.1) is 0 Å². The SMILES string of the molecule is CO.O=CCCc1ccc2ccc(OCC(=O)NC3CCOCC3)cc2c1. The topological polar surface area (TPSA) is 84.9 Å². The van der Waals surface area contributed by atoms with Crippen molar-refractivity contribution in [2.24, 2.45) is 0 Å². The van der Waals surface area contributed by atoms with Crippen LogP contribution < -0.4 is 10.1 Å². The summed E-state index contributed by atoms with van der Waals surface area (Å²) in [5, 5.41) is 12.1. The third-order valence-electron chi connectivity index (χ3n) is 4.38. The van der Waals surface area contributed by atoms with Crippen LogP contribution in [0, 0.1) is 0 Å². The average molecular weight is 373 g/mol. The molecule has 0 saturated carbocycles. The van der Waals surface area contributed by atoms with Gasteiger partial charge in [0, 0.05) is 32.8 Å². The van der Waals surface area contributed by atoms with Crippen molar-refractivity contribution in [1.82, 2.24) is 5.32 Å². The van der Waals surface area contributed by atoms with Crippen LogP contribution in [0.5, 0.6) is 5.75 Å². The summed E-state index contributed by atoms with van der Waals surface area (Å²) in [6.07, 6.45) is 3.89. The van der Waals surface area contributed by atoms with Crippen LogP contribution in [-0.2, 0) is 20.7 Å². The maximum absolute atomic E-state index is 12.0. The summed E-state index contributed by atoms with van der Waals surface area (Å²) in [5.41, 5.74) is 1.12. The molecule has 1 aliphatic heterocycles. The quantitative estimate of drug-likeness (QED) is 0.727. The van der Waals surface area contributed by atoms with E-state index in [9.17, 15) is 9.59 Å². The van der Waals surface area contributed by atoms with Crippen LogP contribution in [0.15, 0.2) is 36.4 Å². The zero-order chi connectivity index (χ0) is 19.5. The standard InChI is InChI=1S/C20H23NO4.CH4O/c22-9-1-2-15-3-4-16-5-6-19(13-17(16)12-15)25-14-20(23)21-18-7-10-24-11-8-18;1-2/h3-6,9,12-13,18H,1-2,7-8,10-11,14H2,(H,21,23);2H,1H3. The molecule has 0 aromatic heterocycles. The molecule has 2 aromatic carbocycles. The normalized spacial score (nSPS) is 14.1. The lowest BCUT2D eigenvalue weighted by Crippen LogP contribution is -2.41. The maximum atomic E-state index is 12.0. The van der Waals surface area contributed by atoms with E-state index in [1.54, 1.807) is 0 Å². The monoisotopic (exact) mass is 373 g/mol. The average Bonchev–Trinajstić information content (AvgIpc) is 2.72. The van der Waals surface area contributed by atoms with Crippen molar-refractivity contribution in [2.45, 2.75) is 31.7 Å². The minimum absolute atomic E-state index is 0.00764. The molecular weight excluding hydrogens is 346 g/mol. The second-order valence-corrected chi connectivity index (χ2v) is 6.29. The molecule has 2 aromatic rings. The fourth-order valence-electron chi connectivity index (χ4n) is 3.01. The van der Waals surface area contributed by atoms with Crippen molar-refractivity contribution < 1.29 is 24.2 Å². The van der Waals surface area contributed by atoms with E-state index < -0.39 is 0 Å². The van der Waals surface area contributed by atoms with Gasteiger partial charge in [-0.3, -0.25) is 4.79 Å². The Kier molecular flexibility index (Phi) is 8.74. The van der Waals surface area contributed by atoms with Crippen molar-refractivity contribution >= 4 is 23.0 Å². The number of rotatable bonds is 7. The van der Waals surface area contributed by atoms with E-state index in [0.29, 0.717) is 25.4 Å². The number of nitrogens with one attached hydrogen (secondary N) is 1. The Morgan fingerprint density at radius 2 is 1.93 bits per heavy atom. The number of aliphatic hydroxyl groups is 1. The Balaban J connectivity index is 0.00000126. The summed E-state index contributed by atoms with van der Waals surface area (Å²) in [7, 11) is 1.00. The van der Waals surface area contributed by atoms with Gasteiger partial charge in [-0.15, -0.1) is 0 Å². The zero-order valence-electron chi connectivity index (χ0n) is 15.6. The van der Waals surface area contributed by atoms with Crippen LogP contribution in [0.25, 0.3) is 10.8 Å². The molecular formula is C21H27NO5. The third kappa shape index (κ3) is 6.66. The molecule has 0 bridgehead atoms. The van der Waals surface area contributed by atoms with Gasteiger partial charge in [0.25, 0.3) is 5.91 Å². The highest BCUT2D eigenvalue weighted by Crippen LogP contribution is 2.22. The molecule has 1 aliphatic rings. The molecule has 0 aliphatic carbocycles. The summed E-state index contributed by atoms with van der Waals surface area (Å²) in [5.74, 6) is 0.564. The lowest BCUT2D eigenvalue weighted by atomic mass is 10.0. The number of hydrogen-bond acceptors (Lipinski definition) is 5. The van der Waals surface area contributed by atoms with E-state index >= 15 is 0 Å². The first-order valence-electron chi connectivity index (χ1n) is 9.15. The Hall–Kier alpha value is -2.44. The van der Waals surface area contributed by atoms with E-state index in [-0.39, 0.29) is 18.6 Å². The minimum atomic E-state index is -0.105. The Morgan fingerprint density at radius 3 is 2.67 bits per heavy atom. The Bertz CT molecular complexity index is 740. The van der Waals surface area contributed by atoms with E-state index in [4.69, 9.17) is 14.6 Å². The molecule has 6 nitrogen and oxygen atoms in total. The summed E-state index contributed by atoms with van der Waals surface area (Å²) in [6, 6.07) is 12.1. The first kappa shape index (κ1) is 20.9. The molecule has 0 radical (unpaired) electrons. The molecule has 2 N–H and O–H groups in total. The molecule has 27 heavy (non-hydrogen) atoms. The number of hydrogen-bond donors (Lipinski definition) is 2. The van der Waals surface area contributed by atoms with Crippen molar-refractivity contribution in [3.8, 4) is 5.75 Å². The molecule has 0 atom stereocenters. The van der Waals surface area contributed by atoms with E-state index in [1.807, 2.05) is 30.3 Å². The molecule has 6 heteroatoms. The van der Waals surface area contributed by atoms with Crippen LogP contribution in [-0.4, -0.2) is 50.3 Å². The summed E-state index contributed by atoms with van der Waals surface area (Å²) in [4.78, 5) is 22.5. The van der Waals surface area contributed by atoms with E-state index in [2.05, 4.69) is 11.4 Å². The van der Waals surface area contributed by atoms with Crippen LogP contribution in [0.2, 0.25) is 0 Å².